The molecule has 2 N–H and O–H groups in total. The van der Waals surface area contributed by atoms with Crippen molar-refractivity contribution in [2.75, 3.05) is 32.7 Å². The molecule has 1 aromatic carbocycles. The summed E-state index contributed by atoms with van der Waals surface area (Å²) in [5.74, 6) is 0. The molecule has 0 spiro atoms. The molecule has 1 saturated heterocycles. The lowest BCUT2D eigenvalue weighted by atomic mass is 10.1. The van der Waals surface area contributed by atoms with Gasteiger partial charge in [-0.3, -0.25) is 4.90 Å². The normalized spacial score (nSPS) is 16.4. The summed E-state index contributed by atoms with van der Waals surface area (Å²) in [6, 6.07) is 6.87. The fourth-order valence-electron chi connectivity index (χ4n) is 2.50. The molecule has 8 heteroatoms. The second-order valence-corrected chi connectivity index (χ2v) is 5.46. The van der Waals surface area contributed by atoms with Gasteiger partial charge < -0.3 is 15.3 Å². The largest absolute Gasteiger partial charge is 0.405 e. The third-order valence-electron chi connectivity index (χ3n) is 3.78. The van der Waals surface area contributed by atoms with Crippen molar-refractivity contribution in [3.05, 3.63) is 35.4 Å². The van der Waals surface area contributed by atoms with Crippen molar-refractivity contribution in [3.63, 3.8) is 0 Å². The van der Waals surface area contributed by atoms with E-state index < -0.39 is 18.8 Å². The standard InChI is InChI=1S/C15H20F3N3O2/c16-15(17,18)11-19-14(23)21-7-5-20(6-8-21)9-12-3-1-2-4-13(12)10-22/h1-4,22H,5-11H2,(H,19,23). The van der Waals surface area contributed by atoms with Crippen molar-refractivity contribution in [2.24, 2.45) is 0 Å². The van der Waals surface area contributed by atoms with E-state index in [-0.39, 0.29) is 6.61 Å². The number of aliphatic hydroxyl groups is 1. The minimum atomic E-state index is -4.40. The van der Waals surface area contributed by atoms with Crippen LogP contribution in [0.25, 0.3) is 0 Å². The molecule has 128 valence electrons. The zero-order valence-corrected chi connectivity index (χ0v) is 12.6. The number of alkyl halides is 3. The van der Waals surface area contributed by atoms with Gasteiger partial charge in [0.1, 0.15) is 6.54 Å². The molecule has 0 aliphatic carbocycles. The second kappa shape index (κ2) is 7.65. The Kier molecular flexibility index (Phi) is 5.84. The van der Waals surface area contributed by atoms with Crippen LogP contribution in [0.15, 0.2) is 24.3 Å². The molecule has 0 atom stereocenters. The summed E-state index contributed by atoms with van der Waals surface area (Å²) in [6.45, 7) is 1.23. The Morgan fingerprint density at radius 2 is 1.74 bits per heavy atom. The summed E-state index contributed by atoms with van der Waals surface area (Å²) in [5.41, 5.74) is 1.88. The van der Waals surface area contributed by atoms with Crippen molar-refractivity contribution in [2.45, 2.75) is 19.3 Å². The molecule has 5 nitrogen and oxygen atoms in total. The highest BCUT2D eigenvalue weighted by Crippen LogP contribution is 2.15. The maximum Gasteiger partial charge on any atom is 0.405 e. The average Bonchev–Trinajstić information content (AvgIpc) is 2.53. The molecular formula is C15H20F3N3O2. The third-order valence-corrected chi connectivity index (χ3v) is 3.78. The van der Waals surface area contributed by atoms with Crippen LogP contribution in [0.5, 0.6) is 0 Å². The zero-order valence-electron chi connectivity index (χ0n) is 12.6. The van der Waals surface area contributed by atoms with Crippen molar-refractivity contribution >= 4 is 6.03 Å². The molecule has 0 aromatic heterocycles. The number of carbonyl (C=O) groups excluding carboxylic acids is 1. The van der Waals surface area contributed by atoms with Crippen LogP contribution in [0.1, 0.15) is 11.1 Å². The number of urea groups is 1. The Bertz CT molecular complexity index is 529. The first-order chi connectivity index (χ1) is 10.9. The number of hydrogen-bond donors (Lipinski definition) is 2. The lowest BCUT2D eigenvalue weighted by Crippen LogP contribution is -2.52. The predicted octanol–water partition coefficient (Wildman–Crippen LogP) is 1.57. The van der Waals surface area contributed by atoms with Crippen molar-refractivity contribution in [1.29, 1.82) is 0 Å². The van der Waals surface area contributed by atoms with E-state index in [1.807, 2.05) is 29.6 Å². The predicted molar refractivity (Wildman–Crippen MR) is 78.7 cm³/mol. The van der Waals surface area contributed by atoms with Gasteiger partial charge in [0.05, 0.1) is 6.61 Å². The number of hydrogen-bond acceptors (Lipinski definition) is 3. The lowest BCUT2D eigenvalue weighted by molar-refractivity contribution is -0.123. The molecule has 1 aromatic rings. The number of aliphatic hydroxyl groups excluding tert-OH is 1. The van der Waals surface area contributed by atoms with E-state index >= 15 is 0 Å². The van der Waals surface area contributed by atoms with Gasteiger partial charge in [-0.25, -0.2) is 4.79 Å². The van der Waals surface area contributed by atoms with Gasteiger partial charge in [0.15, 0.2) is 0 Å². The van der Waals surface area contributed by atoms with E-state index in [0.717, 1.165) is 11.1 Å². The number of rotatable bonds is 4. The quantitative estimate of drug-likeness (QED) is 0.881. The number of benzene rings is 1. The Hall–Kier alpha value is -1.80. The van der Waals surface area contributed by atoms with Crippen LogP contribution in [0.4, 0.5) is 18.0 Å². The van der Waals surface area contributed by atoms with E-state index in [9.17, 15) is 23.1 Å². The van der Waals surface area contributed by atoms with Crippen LogP contribution >= 0.6 is 0 Å². The van der Waals surface area contributed by atoms with Gasteiger partial charge in [-0.05, 0) is 11.1 Å². The van der Waals surface area contributed by atoms with Crippen LogP contribution in [-0.4, -0.2) is 59.8 Å². The summed E-state index contributed by atoms with van der Waals surface area (Å²) >= 11 is 0. The zero-order chi connectivity index (χ0) is 16.9. The monoisotopic (exact) mass is 331 g/mol. The van der Waals surface area contributed by atoms with E-state index in [2.05, 4.69) is 4.90 Å². The van der Waals surface area contributed by atoms with Crippen LogP contribution < -0.4 is 5.32 Å². The summed E-state index contributed by atoms with van der Waals surface area (Å²) in [7, 11) is 0. The summed E-state index contributed by atoms with van der Waals surface area (Å²) in [4.78, 5) is 15.2. The number of nitrogens with one attached hydrogen (secondary N) is 1. The van der Waals surface area contributed by atoms with Gasteiger partial charge in [0.2, 0.25) is 0 Å². The topological polar surface area (TPSA) is 55.8 Å². The third kappa shape index (κ3) is 5.40. The molecule has 2 amide bonds. The van der Waals surface area contributed by atoms with Crippen molar-refractivity contribution in [1.82, 2.24) is 15.1 Å². The first-order valence-electron chi connectivity index (χ1n) is 7.38. The first-order valence-corrected chi connectivity index (χ1v) is 7.38. The number of amides is 2. The number of halogens is 3. The second-order valence-electron chi connectivity index (χ2n) is 5.46. The Morgan fingerprint density at radius 3 is 2.30 bits per heavy atom. The lowest BCUT2D eigenvalue weighted by Gasteiger charge is -2.35. The van der Waals surface area contributed by atoms with Crippen LogP contribution in [0, 0.1) is 0 Å². The van der Waals surface area contributed by atoms with Gasteiger partial charge in [0.25, 0.3) is 0 Å². The highest BCUT2D eigenvalue weighted by Gasteiger charge is 2.29. The Morgan fingerprint density at radius 1 is 1.13 bits per heavy atom. The van der Waals surface area contributed by atoms with Crippen molar-refractivity contribution in [3.8, 4) is 0 Å². The maximum absolute atomic E-state index is 12.1. The minimum Gasteiger partial charge on any atom is -0.392 e. The highest BCUT2D eigenvalue weighted by atomic mass is 19.4. The van der Waals surface area contributed by atoms with Gasteiger partial charge in [0, 0.05) is 32.7 Å². The summed E-state index contributed by atoms with van der Waals surface area (Å²) in [6.07, 6.45) is -4.40. The number of carbonyl (C=O) groups is 1. The number of nitrogens with zero attached hydrogens (tertiary/aromatic N) is 2. The van der Waals surface area contributed by atoms with Crippen LogP contribution in [0.3, 0.4) is 0 Å². The smallest absolute Gasteiger partial charge is 0.392 e. The van der Waals surface area contributed by atoms with E-state index in [4.69, 9.17) is 0 Å². The van der Waals surface area contributed by atoms with E-state index in [0.29, 0.717) is 32.7 Å². The number of piperazine rings is 1. The molecule has 0 radical (unpaired) electrons. The molecule has 1 fully saturated rings. The average molecular weight is 331 g/mol. The van der Waals surface area contributed by atoms with Crippen LogP contribution in [0.2, 0.25) is 0 Å². The Labute approximate surface area is 132 Å². The first kappa shape index (κ1) is 17.6. The van der Waals surface area contributed by atoms with Gasteiger partial charge >= 0.3 is 12.2 Å². The summed E-state index contributed by atoms with van der Waals surface area (Å²) < 4.78 is 36.3. The SMILES string of the molecule is O=C(NCC(F)(F)F)N1CCN(Cc2ccccc2CO)CC1. The minimum absolute atomic E-state index is 0.0318. The van der Waals surface area contributed by atoms with Gasteiger partial charge in [-0.1, -0.05) is 24.3 Å². The van der Waals surface area contributed by atoms with E-state index in [1.165, 1.54) is 4.90 Å². The molecule has 0 saturated carbocycles. The molecule has 0 unspecified atom stereocenters. The summed E-state index contributed by atoms with van der Waals surface area (Å²) in [5, 5.41) is 11.2. The fourth-order valence-corrected chi connectivity index (χ4v) is 2.50. The molecular weight excluding hydrogens is 311 g/mol. The molecule has 1 aliphatic heterocycles. The molecule has 2 rings (SSSR count). The Balaban J connectivity index is 1.81. The van der Waals surface area contributed by atoms with Gasteiger partial charge in [-0.2, -0.15) is 13.2 Å². The highest BCUT2D eigenvalue weighted by molar-refractivity contribution is 5.74. The molecule has 1 aliphatic rings. The van der Waals surface area contributed by atoms with Crippen molar-refractivity contribution < 1.29 is 23.1 Å². The molecule has 23 heavy (non-hydrogen) atoms. The van der Waals surface area contributed by atoms with Crippen LogP contribution in [-0.2, 0) is 13.2 Å². The molecule has 1 heterocycles. The maximum atomic E-state index is 12.1. The molecule has 0 bridgehead atoms. The van der Waals surface area contributed by atoms with Gasteiger partial charge in [-0.15, -0.1) is 0 Å². The fraction of sp³-hybridized carbons (Fsp3) is 0.533. The van der Waals surface area contributed by atoms with E-state index in [1.54, 1.807) is 0 Å².